The van der Waals surface area contributed by atoms with E-state index in [1.54, 1.807) is 31.3 Å². The summed E-state index contributed by atoms with van der Waals surface area (Å²) in [6.45, 7) is 2.93. The summed E-state index contributed by atoms with van der Waals surface area (Å²) in [4.78, 5) is 37.0. The van der Waals surface area contributed by atoms with Crippen LogP contribution in [0.4, 0.5) is 11.4 Å². The maximum atomic E-state index is 12.4. The Labute approximate surface area is 146 Å². The first kappa shape index (κ1) is 18.2. The Balaban J connectivity index is 1.99. The van der Waals surface area contributed by atoms with Gasteiger partial charge in [0.15, 0.2) is 6.10 Å². The second-order valence-corrected chi connectivity index (χ2v) is 5.54. The fraction of sp³-hybridized carbons (Fsp3) is 0.211. The number of likely N-dealkylation sites (N-methyl/N-ethyl adjacent to an activating group) is 1. The molecule has 0 fully saturated rings. The molecule has 0 spiro atoms. The lowest BCUT2D eigenvalue weighted by Crippen LogP contribution is -2.37. The number of hydrogen-bond acceptors (Lipinski definition) is 4. The minimum absolute atomic E-state index is 0.196. The van der Waals surface area contributed by atoms with E-state index in [0.29, 0.717) is 11.3 Å². The maximum Gasteiger partial charge on any atom is 0.338 e. The van der Waals surface area contributed by atoms with Crippen molar-refractivity contribution in [2.24, 2.45) is 0 Å². The van der Waals surface area contributed by atoms with Crippen molar-refractivity contribution in [3.8, 4) is 0 Å². The maximum absolute atomic E-state index is 12.4. The number of nitrogens with zero attached hydrogens (tertiary/aromatic N) is 1. The van der Waals surface area contributed by atoms with Gasteiger partial charge in [0.25, 0.3) is 5.91 Å². The van der Waals surface area contributed by atoms with Crippen LogP contribution in [-0.2, 0) is 14.3 Å². The van der Waals surface area contributed by atoms with Crippen LogP contribution >= 0.6 is 0 Å². The molecule has 1 N–H and O–H groups in total. The number of nitrogens with one attached hydrogen (secondary N) is 1. The zero-order valence-corrected chi connectivity index (χ0v) is 14.4. The number of benzene rings is 2. The number of ether oxygens (including phenoxy) is 1. The molecule has 0 heterocycles. The Morgan fingerprint density at radius 2 is 1.60 bits per heavy atom. The van der Waals surface area contributed by atoms with Crippen LogP contribution in [0.3, 0.4) is 0 Å². The van der Waals surface area contributed by atoms with Crippen LogP contribution in [0.25, 0.3) is 0 Å². The number of anilines is 2. The van der Waals surface area contributed by atoms with Gasteiger partial charge in [0.2, 0.25) is 5.91 Å². The monoisotopic (exact) mass is 340 g/mol. The summed E-state index contributed by atoms with van der Waals surface area (Å²) in [6.07, 6.45) is -0.923. The van der Waals surface area contributed by atoms with Gasteiger partial charge in [0.1, 0.15) is 0 Å². The Hall–Kier alpha value is -3.15. The fourth-order valence-electron chi connectivity index (χ4n) is 2.22. The SMILES string of the molecule is CC(=O)Nc1ccc(C(=O)O[C@H](C)C(=O)N(C)c2ccccc2)cc1. The molecule has 0 aliphatic heterocycles. The Morgan fingerprint density at radius 1 is 1.00 bits per heavy atom. The third-order valence-electron chi connectivity index (χ3n) is 3.55. The second-order valence-electron chi connectivity index (χ2n) is 5.54. The molecule has 0 saturated heterocycles. The van der Waals surface area contributed by atoms with E-state index in [9.17, 15) is 14.4 Å². The summed E-state index contributed by atoms with van der Waals surface area (Å²) < 4.78 is 5.24. The van der Waals surface area contributed by atoms with E-state index in [1.165, 1.54) is 30.9 Å². The van der Waals surface area contributed by atoms with E-state index >= 15 is 0 Å². The summed E-state index contributed by atoms with van der Waals surface area (Å²) in [5.41, 5.74) is 1.60. The van der Waals surface area contributed by atoms with Crippen LogP contribution in [0.1, 0.15) is 24.2 Å². The number of para-hydroxylation sites is 1. The molecule has 6 nitrogen and oxygen atoms in total. The van der Waals surface area contributed by atoms with Crippen molar-refractivity contribution in [2.45, 2.75) is 20.0 Å². The van der Waals surface area contributed by atoms with Gasteiger partial charge >= 0.3 is 5.97 Å². The molecule has 1 atom stereocenters. The van der Waals surface area contributed by atoms with E-state index in [2.05, 4.69) is 5.32 Å². The first-order valence-electron chi connectivity index (χ1n) is 7.79. The molecule has 0 saturated carbocycles. The lowest BCUT2D eigenvalue weighted by molar-refractivity contribution is -0.126. The highest BCUT2D eigenvalue weighted by Gasteiger charge is 2.23. The number of carbonyl (C=O) groups is 3. The third-order valence-corrected chi connectivity index (χ3v) is 3.55. The second kappa shape index (κ2) is 8.10. The predicted molar refractivity (Wildman–Crippen MR) is 95.5 cm³/mol. The van der Waals surface area contributed by atoms with Gasteiger partial charge in [0.05, 0.1) is 5.56 Å². The lowest BCUT2D eigenvalue weighted by atomic mass is 10.2. The van der Waals surface area contributed by atoms with Crippen LogP contribution < -0.4 is 10.2 Å². The fourth-order valence-corrected chi connectivity index (χ4v) is 2.22. The van der Waals surface area contributed by atoms with Gasteiger partial charge in [-0.1, -0.05) is 18.2 Å². The number of esters is 1. The van der Waals surface area contributed by atoms with E-state index in [0.717, 1.165) is 5.69 Å². The molecule has 0 unspecified atom stereocenters. The lowest BCUT2D eigenvalue weighted by Gasteiger charge is -2.21. The molecule has 2 aromatic carbocycles. The smallest absolute Gasteiger partial charge is 0.338 e. The van der Waals surface area contributed by atoms with Gasteiger partial charge in [-0.2, -0.15) is 0 Å². The van der Waals surface area contributed by atoms with Gasteiger partial charge in [-0.05, 0) is 43.3 Å². The van der Waals surface area contributed by atoms with Gasteiger partial charge in [0, 0.05) is 25.3 Å². The van der Waals surface area contributed by atoms with Crippen molar-refractivity contribution >= 4 is 29.2 Å². The summed E-state index contributed by atoms with van der Waals surface area (Å²) in [7, 11) is 1.63. The van der Waals surface area contributed by atoms with Crippen molar-refractivity contribution < 1.29 is 19.1 Å². The Bertz CT molecular complexity index is 757. The van der Waals surface area contributed by atoms with Crippen LogP contribution in [0.15, 0.2) is 54.6 Å². The van der Waals surface area contributed by atoms with E-state index in [1.807, 2.05) is 18.2 Å². The molecule has 2 amide bonds. The first-order chi connectivity index (χ1) is 11.9. The van der Waals surface area contributed by atoms with Crippen molar-refractivity contribution in [1.29, 1.82) is 0 Å². The molecule has 2 aromatic rings. The Morgan fingerprint density at radius 3 is 2.16 bits per heavy atom. The average Bonchev–Trinajstić information content (AvgIpc) is 2.61. The number of amides is 2. The average molecular weight is 340 g/mol. The molecular weight excluding hydrogens is 320 g/mol. The van der Waals surface area contributed by atoms with E-state index < -0.39 is 12.1 Å². The summed E-state index contributed by atoms with van der Waals surface area (Å²) in [5.74, 6) is -1.12. The zero-order chi connectivity index (χ0) is 18.4. The van der Waals surface area contributed by atoms with Gasteiger partial charge in [-0.3, -0.25) is 9.59 Å². The summed E-state index contributed by atoms with van der Waals surface area (Å²) in [5, 5.41) is 2.61. The Kier molecular flexibility index (Phi) is 5.89. The quantitative estimate of drug-likeness (QED) is 0.849. The highest BCUT2D eigenvalue weighted by molar-refractivity contribution is 5.98. The topological polar surface area (TPSA) is 75.7 Å². The molecule has 25 heavy (non-hydrogen) atoms. The molecule has 130 valence electrons. The molecule has 0 aromatic heterocycles. The molecule has 0 aliphatic carbocycles. The molecule has 6 heteroatoms. The van der Waals surface area contributed by atoms with Crippen LogP contribution in [0.5, 0.6) is 0 Å². The van der Waals surface area contributed by atoms with Crippen molar-refractivity contribution in [3.05, 3.63) is 60.2 Å². The van der Waals surface area contributed by atoms with E-state index in [-0.39, 0.29) is 11.8 Å². The van der Waals surface area contributed by atoms with Gasteiger partial charge in [-0.25, -0.2) is 4.79 Å². The molecule has 0 radical (unpaired) electrons. The molecule has 0 aliphatic rings. The zero-order valence-electron chi connectivity index (χ0n) is 14.4. The number of carbonyl (C=O) groups excluding carboxylic acids is 3. The first-order valence-corrected chi connectivity index (χ1v) is 7.79. The summed E-state index contributed by atoms with van der Waals surface area (Å²) >= 11 is 0. The van der Waals surface area contributed by atoms with Crippen LogP contribution in [0, 0.1) is 0 Å². The highest BCUT2D eigenvalue weighted by atomic mass is 16.5. The van der Waals surface area contributed by atoms with Gasteiger partial charge < -0.3 is 15.0 Å². The molecule has 2 rings (SSSR count). The molecule has 0 bridgehead atoms. The molecular formula is C19H20N2O4. The third kappa shape index (κ3) is 4.91. The van der Waals surface area contributed by atoms with Crippen molar-refractivity contribution in [1.82, 2.24) is 0 Å². The predicted octanol–water partition coefficient (Wildman–Crippen LogP) is 2.85. The largest absolute Gasteiger partial charge is 0.449 e. The van der Waals surface area contributed by atoms with Crippen LogP contribution in [-0.4, -0.2) is 30.9 Å². The van der Waals surface area contributed by atoms with Gasteiger partial charge in [-0.15, -0.1) is 0 Å². The van der Waals surface area contributed by atoms with Crippen LogP contribution in [0.2, 0.25) is 0 Å². The van der Waals surface area contributed by atoms with Crippen molar-refractivity contribution in [2.75, 3.05) is 17.3 Å². The van der Waals surface area contributed by atoms with E-state index in [4.69, 9.17) is 4.74 Å². The standard InChI is InChI=1S/C19H20N2O4/c1-13(18(23)21(3)17-7-5-4-6-8-17)25-19(24)15-9-11-16(12-10-15)20-14(2)22/h4-13H,1-3H3,(H,20,22)/t13-/m1/s1. The number of hydrogen-bond donors (Lipinski definition) is 1. The van der Waals surface area contributed by atoms with Crippen molar-refractivity contribution in [3.63, 3.8) is 0 Å². The number of rotatable bonds is 5. The normalized spacial score (nSPS) is 11.3. The minimum atomic E-state index is -0.923. The minimum Gasteiger partial charge on any atom is -0.449 e. The summed E-state index contributed by atoms with van der Waals surface area (Å²) in [6, 6.07) is 15.4. The highest BCUT2D eigenvalue weighted by Crippen LogP contribution is 2.15.